The first-order valence-electron chi connectivity index (χ1n) is 10.8. The molecule has 1 aromatic heterocycles. The molecule has 0 amide bonds. The van der Waals surface area contributed by atoms with Crippen LogP contribution in [0.2, 0.25) is 5.02 Å². The third-order valence-corrected chi connectivity index (χ3v) is 6.90. The smallest absolute Gasteiger partial charge is 0.255 e. The van der Waals surface area contributed by atoms with Gasteiger partial charge in [0.25, 0.3) is 5.56 Å². The molecular formula is C25H29ClN2O2. The van der Waals surface area contributed by atoms with Crippen molar-refractivity contribution in [3.05, 3.63) is 75.7 Å². The zero-order valence-corrected chi connectivity index (χ0v) is 18.1. The van der Waals surface area contributed by atoms with Crippen LogP contribution in [0, 0.1) is 0 Å². The molecule has 1 atom stereocenters. The largest absolute Gasteiger partial charge is 0.489 e. The molecule has 3 N–H and O–H groups in total. The lowest BCUT2D eigenvalue weighted by atomic mass is 9.63. The van der Waals surface area contributed by atoms with E-state index >= 15 is 0 Å². The minimum Gasteiger partial charge on any atom is -0.489 e. The van der Waals surface area contributed by atoms with E-state index in [2.05, 4.69) is 42.2 Å². The first-order valence-corrected chi connectivity index (χ1v) is 11.2. The highest BCUT2D eigenvalue weighted by Crippen LogP contribution is 2.44. The standard InChI is InChI=1S/C25H29ClN2O2/c1-2-6-23(27)25(18-7-4-3-5-8-18)12-9-19(10-13-25)30-22-15-17-11-14-28-24(29)20(17)16-21(22)26/h3-5,7-8,11,14-16,19,23H,2,6,9-10,12-13,27H2,1H3,(H,28,29)/t19-,23?,25+. The van der Waals surface area contributed by atoms with E-state index in [-0.39, 0.29) is 23.1 Å². The Hall–Kier alpha value is -2.30. The van der Waals surface area contributed by atoms with Gasteiger partial charge in [-0.3, -0.25) is 4.79 Å². The molecule has 0 aliphatic heterocycles. The lowest BCUT2D eigenvalue weighted by Crippen LogP contribution is -2.49. The van der Waals surface area contributed by atoms with Crippen molar-refractivity contribution >= 4 is 22.4 Å². The molecule has 5 heteroatoms. The number of aromatic nitrogens is 1. The van der Waals surface area contributed by atoms with Crippen LogP contribution in [-0.4, -0.2) is 17.1 Å². The van der Waals surface area contributed by atoms with Crippen molar-refractivity contribution in [1.82, 2.24) is 4.98 Å². The van der Waals surface area contributed by atoms with E-state index in [9.17, 15) is 4.79 Å². The van der Waals surface area contributed by atoms with E-state index in [4.69, 9.17) is 22.1 Å². The highest BCUT2D eigenvalue weighted by atomic mass is 35.5. The topological polar surface area (TPSA) is 68.1 Å². The molecule has 1 aliphatic rings. The summed E-state index contributed by atoms with van der Waals surface area (Å²) in [5.41, 5.74) is 7.93. The number of halogens is 1. The normalized spacial score (nSPS) is 22.7. The Morgan fingerprint density at radius 3 is 2.63 bits per heavy atom. The maximum Gasteiger partial charge on any atom is 0.255 e. The number of aromatic amines is 1. The van der Waals surface area contributed by atoms with Gasteiger partial charge in [-0.1, -0.05) is 55.3 Å². The summed E-state index contributed by atoms with van der Waals surface area (Å²) in [4.78, 5) is 14.7. The molecule has 1 heterocycles. The molecule has 0 saturated heterocycles. The highest BCUT2D eigenvalue weighted by Gasteiger charge is 2.41. The van der Waals surface area contributed by atoms with Gasteiger partial charge in [-0.2, -0.15) is 0 Å². The SMILES string of the molecule is CCCC(N)[C@]1(c2ccccc2)CC[C@H](Oc2cc3cc[nH]c(=O)c3cc2Cl)CC1. The molecule has 4 rings (SSSR count). The maximum atomic E-state index is 12.0. The fraction of sp³-hybridized carbons (Fsp3) is 0.400. The molecule has 0 bridgehead atoms. The van der Waals surface area contributed by atoms with Gasteiger partial charge < -0.3 is 15.5 Å². The Kier molecular flexibility index (Phi) is 6.16. The van der Waals surface area contributed by atoms with Crippen molar-refractivity contribution < 1.29 is 4.74 Å². The second-order valence-electron chi connectivity index (χ2n) is 8.41. The summed E-state index contributed by atoms with van der Waals surface area (Å²) in [6.45, 7) is 2.19. The van der Waals surface area contributed by atoms with E-state index in [0.29, 0.717) is 16.2 Å². The summed E-state index contributed by atoms with van der Waals surface area (Å²) < 4.78 is 6.32. The third-order valence-electron chi connectivity index (χ3n) is 6.60. The Balaban J connectivity index is 1.54. The quantitative estimate of drug-likeness (QED) is 0.543. The van der Waals surface area contributed by atoms with E-state index in [1.165, 1.54) is 5.56 Å². The van der Waals surface area contributed by atoms with Crippen molar-refractivity contribution in [2.45, 2.75) is 63.0 Å². The predicted molar refractivity (Wildman–Crippen MR) is 123 cm³/mol. The summed E-state index contributed by atoms with van der Waals surface area (Å²) >= 11 is 6.44. The number of nitrogens with two attached hydrogens (primary N) is 1. The van der Waals surface area contributed by atoms with Gasteiger partial charge in [0, 0.05) is 23.0 Å². The zero-order valence-electron chi connectivity index (χ0n) is 17.4. The van der Waals surface area contributed by atoms with Crippen LogP contribution in [0.1, 0.15) is 51.0 Å². The molecule has 30 heavy (non-hydrogen) atoms. The molecule has 4 nitrogen and oxygen atoms in total. The highest BCUT2D eigenvalue weighted by molar-refractivity contribution is 6.32. The van der Waals surface area contributed by atoms with Gasteiger partial charge in [-0.15, -0.1) is 0 Å². The molecule has 2 aromatic carbocycles. The average Bonchev–Trinajstić information content (AvgIpc) is 2.76. The summed E-state index contributed by atoms with van der Waals surface area (Å²) in [6.07, 6.45) is 7.68. The Bertz CT molecular complexity index is 1060. The Morgan fingerprint density at radius 1 is 1.20 bits per heavy atom. The zero-order chi connectivity index (χ0) is 21.1. The number of ether oxygens (including phenoxy) is 1. The number of hydrogen-bond acceptors (Lipinski definition) is 3. The summed E-state index contributed by atoms with van der Waals surface area (Å²) in [7, 11) is 0. The van der Waals surface area contributed by atoms with Crippen molar-refractivity contribution in [3.8, 4) is 5.75 Å². The van der Waals surface area contributed by atoms with Crippen LogP contribution in [0.3, 0.4) is 0 Å². The van der Waals surface area contributed by atoms with Crippen molar-refractivity contribution in [1.29, 1.82) is 0 Å². The maximum absolute atomic E-state index is 12.0. The second-order valence-corrected chi connectivity index (χ2v) is 8.82. The molecule has 1 fully saturated rings. The van der Waals surface area contributed by atoms with E-state index in [1.54, 1.807) is 12.3 Å². The van der Waals surface area contributed by atoms with Gasteiger partial charge in [-0.25, -0.2) is 0 Å². The number of H-pyrrole nitrogens is 1. The van der Waals surface area contributed by atoms with Crippen LogP contribution in [0.4, 0.5) is 0 Å². The molecule has 1 saturated carbocycles. The lowest BCUT2D eigenvalue weighted by molar-refractivity contribution is 0.103. The molecule has 1 aliphatic carbocycles. The number of nitrogens with one attached hydrogen (secondary N) is 1. The van der Waals surface area contributed by atoms with Gasteiger partial charge in [0.05, 0.1) is 11.1 Å². The molecule has 158 valence electrons. The number of fused-ring (bicyclic) bond motifs is 1. The Labute approximate surface area is 182 Å². The predicted octanol–water partition coefficient (Wildman–Crippen LogP) is 5.57. The summed E-state index contributed by atoms with van der Waals surface area (Å²) in [6, 6.07) is 16.3. The first kappa shape index (κ1) is 21.0. The number of rotatable bonds is 6. The number of benzene rings is 2. The molecule has 0 spiro atoms. The monoisotopic (exact) mass is 424 g/mol. The van der Waals surface area contributed by atoms with Crippen molar-refractivity contribution in [3.63, 3.8) is 0 Å². The van der Waals surface area contributed by atoms with Crippen LogP contribution in [0.25, 0.3) is 10.8 Å². The fourth-order valence-electron chi connectivity index (χ4n) is 4.91. The van der Waals surface area contributed by atoms with Gasteiger partial charge in [0.2, 0.25) is 0 Å². The van der Waals surface area contributed by atoms with Gasteiger partial charge in [-0.05, 0) is 61.3 Å². The van der Waals surface area contributed by atoms with Gasteiger partial charge in [0.15, 0.2) is 0 Å². The molecule has 1 unspecified atom stereocenters. The third kappa shape index (κ3) is 3.99. The Morgan fingerprint density at radius 2 is 1.93 bits per heavy atom. The van der Waals surface area contributed by atoms with Crippen LogP contribution in [-0.2, 0) is 5.41 Å². The van der Waals surface area contributed by atoms with Crippen molar-refractivity contribution in [2.24, 2.45) is 5.73 Å². The molecular weight excluding hydrogens is 396 g/mol. The molecule has 0 radical (unpaired) electrons. The van der Waals surface area contributed by atoms with Crippen LogP contribution in [0.5, 0.6) is 5.75 Å². The molecule has 3 aromatic rings. The van der Waals surface area contributed by atoms with E-state index in [1.807, 2.05) is 12.1 Å². The fourth-order valence-corrected chi connectivity index (χ4v) is 5.12. The minimum absolute atomic E-state index is 0.00238. The van der Waals surface area contributed by atoms with Crippen LogP contribution >= 0.6 is 11.6 Å². The lowest BCUT2D eigenvalue weighted by Gasteiger charge is -2.45. The minimum atomic E-state index is -0.142. The second kappa shape index (κ2) is 8.83. The van der Waals surface area contributed by atoms with Crippen LogP contribution < -0.4 is 16.0 Å². The van der Waals surface area contributed by atoms with Crippen LogP contribution in [0.15, 0.2) is 59.5 Å². The first-order chi connectivity index (χ1) is 14.5. The average molecular weight is 425 g/mol. The van der Waals surface area contributed by atoms with E-state index < -0.39 is 0 Å². The number of pyridine rings is 1. The van der Waals surface area contributed by atoms with E-state index in [0.717, 1.165) is 43.9 Å². The van der Waals surface area contributed by atoms with Gasteiger partial charge >= 0.3 is 0 Å². The van der Waals surface area contributed by atoms with Crippen molar-refractivity contribution in [2.75, 3.05) is 0 Å². The van der Waals surface area contributed by atoms with Gasteiger partial charge in [0.1, 0.15) is 5.75 Å². The summed E-state index contributed by atoms with van der Waals surface area (Å²) in [5, 5.41) is 1.88. The summed E-state index contributed by atoms with van der Waals surface area (Å²) in [5.74, 6) is 0.643. The number of hydrogen-bond donors (Lipinski definition) is 2.